The van der Waals surface area contributed by atoms with Crippen LogP contribution < -0.4 is 10.6 Å². The van der Waals surface area contributed by atoms with E-state index >= 15 is 0 Å². The summed E-state index contributed by atoms with van der Waals surface area (Å²) in [6.07, 6.45) is 4.62. The van der Waals surface area contributed by atoms with E-state index in [0.29, 0.717) is 0 Å². The Labute approximate surface area is 114 Å². The SMILES string of the molecule is c1ccc(P(Cc2ccoc2)c2ccccc2)cc1. The second kappa shape index (κ2) is 5.86. The van der Waals surface area contributed by atoms with Crippen LogP contribution in [0.1, 0.15) is 5.56 Å². The van der Waals surface area contributed by atoms with Crippen molar-refractivity contribution in [3.05, 3.63) is 84.8 Å². The minimum absolute atomic E-state index is 0.361. The summed E-state index contributed by atoms with van der Waals surface area (Å²) < 4.78 is 5.20. The van der Waals surface area contributed by atoms with Gasteiger partial charge in [-0.2, -0.15) is 0 Å². The molecule has 0 unspecified atom stereocenters. The van der Waals surface area contributed by atoms with Crippen LogP contribution in [0, 0.1) is 0 Å². The molecule has 0 saturated carbocycles. The molecule has 0 N–H and O–H groups in total. The van der Waals surface area contributed by atoms with Gasteiger partial charge in [0.25, 0.3) is 0 Å². The number of benzene rings is 2. The molecule has 0 amide bonds. The molecule has 2 aromatic carbocycles. The van der Waals surface area contributed by atoms with Gasteiger partial charge in [0, 0.05) is 6.16 Å². The third-order valence-electron chi connectivity index (χ3n) is 3.06. The molecule has 2 heteroatoms. The van der Waals surface area contributed by atoms with E-state index < -0.39 is 0 Å². The quantitative estimate of drug-likeness (QED) is 0.652. The van der Waals surface area contributed by atoms with Crippen LogP contribution >= 0.6 is 7.92 Å². The van der Waals surface area contributed by atoms with Crippen molar-refractivity contribution in [2.45, 2.75) is 6.16 Å². The van der Waals surface area contributed by atoms with E-state index in [0.717, 1.165) is 6.16 Å². The molecule has 0 bridgehead atoms. The van der Waals surface area contributed by atoms with E-state index in [-0.39, 0.29) is 7.92 Å². The first kappa shape index (κ1) is 12.2. The monoisotopic (exact) mass is 266 g/mol. The molecule has 1 aromatic heterocycles. The minimum Gasteiger partial charge on any atom is -0.472 e. The molecule has 0 atom stereocenters. The van der Waals surface area contributed by atoms with Crippen LogP contribution in [-0.2, 0) is 6.16 Å². The third-order valence-corrected chi connectivity index (χ3v) is 5.58. The molecule has 1 heterocycles. The number of hydrogen-bond donors (Lipinski definition) is 0. The van der Waals surface area contributed by atoms with Gasteiger partial charge in [0.05, 0.1) is 12.5 Å². The molecule has 19 heavy (non-hydrogen) atoms. The number of furan rings is 1. The molecular formula is C17H15OP. The predicted molar refractivity (Wildman–Crippen MR) is 81.5 cm³/mol. The Morgan fingerprint density at radius 3 is 1.79 bits per heavy atom. The summed E-state index contributed by atoms with van der Waals surface area (Å²) >= 11 is 0. The van der Waals surface area contributed by atoms with Crippen LogP contribution in [0.15, 0.2) is 83.7 Å². The van der Waals surface area contributed by atoms with Gasteiger partial charge >= 0.3 is 0 Å². The molecule has 0 aliphatic heterocycles. The highest BCUT2D eigenvalue weighted by Crippen LogP contribution is 2.37. The Hall–Kier alpha value is -1.85. The average molecular weight is 266 g/mol. The van der Waals surface area contributed by atoms with Gasteiger partial charge in [0.15, 0.2) is 0 Å². The molecule has 0 radical (unpaired) electrons. The van der Waals surface area contributed by atoms with Crippen molar-refractivity contribution in [1.29, 1.82) is 0 Å². The minimum atomic E-state index is -0.361. The fraction of sp³-hybridized carbons (Fsp3) is 0.0588. The lowest BCUT2D eigenvalue weighted by Crippen LogP contribution is -2.12. The van der Waals surface area contributed by atoms with Gasteiger partial charge in [0.2, 0.25) is 0 Å². The molecule has 94 valence electrons. The molecule has 1 nitrogen and oxygen atoms in total. The van der Waals surface area contributed by atoms with E-state index in [2.05, 4.69) is 66.7 Å². The Morgan fingerprint density at radius 1 is 0.737 bits per heavy atom. The first-order valence-electron chi connectivity index (χ1n) is 6.32. The maximum absolute atomic E-state index is 5.20. The fourth-order valence-corrected chi connectivity index (χ4v) is 4.39. The zero-order valence-corrected chi connectivity index (χ0v) is 11.5. The summed E-state index contributed by atoms with van der Waals surface area (Å²) in [6, 6.07) is 23.5. The first-order chi connectivity index (χ1) is 9.43. The molecular weight excluding hydrogens is 251 g/mol. The van der Waals surface area contributed by atoms with Crippen molar-refractivity contribution in [2.24, 2.45) is 0 Å². The number of hydrogen-bond acceptors (Lipinski definition) is 1. The zero-order valence-electron chi connectivity index (χ0n) is 10.6. The fourth-order valence-electron chi connectivity index (χ4n) is 2.11. The van der Waals surface area contributed by atoms with Crippen molar-refractivity contribution >= 4 is 18.5 Å². The number of rotatable bonds is 4. The van der Waals surface area contributed by atoms with Crippen LogP contribution in [0.4, 0.5) is 0 Å². The smallest absolute Gasteiger partial charge is 0.0938 e. The van der Waals surface area contributed by atoms with Crippen molar-refractivity contribution in [3.8, 4) is 0 Å². The lowest BCUT2D eigenvalue weighted by atomic mass is 10.4. The maximum Gasteiger partial charge on any atom is 0.0938 e. The summed E-state index contributed by atoms with van der Waals surface area (Å²) in [5.74, 6) is 0. The van der Waals surface area contributed by atoms with Crippen LogP contribution in [0.5, 0.6) is 0 Å². The maximum atomic E-state index is 5.20. The second-order valence-electron chi connectivity index (χ2n) is 4.39. The van der Waals surface area contributed by atoms with Crippen molar-refractivity contribution in [2.75, 3.05) is 0 Å². The third kappa shape index (κ3) is 2.94. The Balaban J connectivity index is 1.96. The Morgan fingerprint density at radius 2 is 1.32 bits per heavy atom. The highest BCUT2D eigenvalue weighted by Gasteiger charge is 2.14. The highest BCUT2D eigenvalue weighted by atomic mass is 31.1. The normalized spacial score (nSPS) is 10.8. The van der Waals surface area contributed by atoms with Crippen molar-refractivity contribution < 1.29 is 4.42 Å². The van der Waals surface area contributed by atoms with Gasteiger partial charge in [-0.05, 0) is 30.2 Å². The molecule has 3 aromatic rings. The topological polar surface area (TPSA) is 13.1 Å². The van der Waals surface area contributed by atoms with E-state index in [1.807, 2.05) is 6.26 Å². The zero-order chi connectivity index (χ0) is 12.9. The first-order valence-corrected chi connectivity index (χ1v) is 7.85. The van der Waals surface area contributed by atoms with E-state index in [1.165, 1.54) is 16.2 Å². The van der Waals surface area contributed by atoms with Gasteiger partial charge in [-0.25, -0.2) is 0 Å². The van der Waals surface area contributed by atoms with Gasteiger partial charge in [-0.3, -0.25) is 0 Å². The summed E-state index contributed by atoms with van der Waals surface area (Å²) in [4.78, 5) is 0. The molecule has 0 fully saturated rings. The van der Waals surface area contributed by atoms with Crippen molar-refractivity contribution in [1.82, 2.24) is 0 Å². The second-order valence-corrected chi connectivity index (χ2v) is 6.59. The molecule has 0 aliphatic carbocycles. The summed E-state index contributed by atoms with van der Waals surface area (Å²) in [7, 11) is -0.361. The molecule has 0 saturated heterocycles. The highest BCUT2D eigenvalue weighted by molar-refractivity contribution is 7.72. The van der Waals surface area contributed by atoms with E-state index in [1.54, 1.807) is 6.26 Å². The van der Waals surface area contributed by atoms with Gasteiger partial charge in [-0.15, -0.1) is 0 Å². The van der Waals surface area contributed by atoms with Gasteiger partial charge in [0.1, 0.15) is 0 Å². The standard InChI is InChI=1S/C17H15OP/c1-3-7-16(8-4-1)19(14-15-11-12-18-13-15)17-9-5-2-6-10-17/h1-13H,14H2. The largest absolute Gasteiger partial charge is 0.472 e. The lowest BCUT2D eigenvalue weighted by Gasteiger charge is -2.17. The molecule has 3 rings (SSSR count). The Bertz CT molecular complexity index is 563. The van der Waals surface area contributed by atoms with Crippen LogP contribution in [0.25, 0.3) is 0 Å². The van der Waals surface area contributed by atoms with Crippen LogP contribution in [-0.4, -0.2) is 0 Å². The van der Waals surface area contributed by atoms with E-state index in [9.17, 15) is 0 Å². The van der Waals surface area contributed by atoms with Gasteiger partial charge < -0.3 is 4.42 Å². The Kier molecular flexibility index (Phi) is 3.76. The summed E-state index contributed by atoms with van der Waals surface area (Å²) in [5, 5.41) is 2.81. The van der Waals surface area contributed by atoms with E-state index in [4.69, 9.17) is 4.42 Å². The average Bonchev–Trinajstić information content (AvgIpc) is 3.00. The predicted octanol–water partition coefficient (Wildman–Crippen LogP) is 3.91. The summed E-state index contributed by atoms with van der Waals surface area (Å²) in [6.45, 7) is 0. The van der Waals surface area contributed by atoms with Crippen LogP contribution in [0.3, 0.4) is 0 Å². The molecule has 0 spiro atoms. The van der Waals surface area contributed by atoms with Crippen LogP contribution in [0.2, 0.25) is 0 Å². The van der Waals surface area contributed by atoms with Gasteiger partial charge in [-0.1, -0.05) is 60.7 Å². The van der Waals surface area contributed by atoms with Crippen molar-refractivity contribution in [3.63, 3.8) is 0 Å². The molecule has 0 aliphatic rings. The summed E-state index contributed by atoms with van der Waals surface area (Å²) in [5.41, 5.74) is 1.26. The lowest BCUT2D eigenvalue weighted by molar-refractivity contribution is 0.565.